The molecule has 2 aromatic rings. The first-order valence-corrected chi connectivity index (χ1v) is 7.82. The maximum Gasteiger partial charge on any atom is 0.342 e. The number of hydrogen-bond acceptors (Lipinski definition) is 5. The van der Waals surface area contributed by atoms with E-state index in [1.165, 1.54) is 6.26 Å². The lowest BCUT2D eigenvalue weighted by atomic mass is 10.1. The molecule has 1 heterocycles. The van der Waals surface area contributed by atoms with Crippen LogP contribution in [-0.4, -0.2) is 25.2 Å². The van der Waals surface area contributed by atoms with Crippen LogP contribution in [0.2, 0.25) is 0 Å². The maximum atomic E-state index is 12.2. The summed E-state index contributed by atoms with van der Waals surface area (Å²) in [6.45, 7) is 3.98. The molecule has 5 heteroatoms. The Hall–Kier alpha value is -2.82. The van der Waals surface area contributed by atoms with E-state index in [9.17, 15) is 9.59 Å². The summed E-state index contributed by atoms with van der Waals surface area (Å²) in [6, 6.07) is 9.62. The molecule has 0 bridgehead atoms. The van der Waals surface area contributed by atoms with E-state index in [2.05, 4.69) is 0 Å². The predicted octanol–water partition coefficient (Wildman–Crippen LogP) is 3.73. The highest BCUT2D eigenvalue weighted by atomic mass is 16.5. The third kappa shape index (κ3) is 4.59. The monoisotopic (exact) mass is 328 g/mol. The second-order valence-corrected chi connectivity index (χ2v) is 4.95. The largest absolute Gasteiger partial charge is 0.466 e. The summed E-state index contributed by atoms with van der Waals surface area (Å²) < 4.78 is 15.5. The topological polar surface area (TPSA) is 65.7 Å². The summed E-state index contributed by atoms with van der Waals surface area (Å²) in [6.07, 6.45) is 4.88. The van der Waals surface area contributed by atoms with Crippen molar-refractivity contribution in [2.45, 2.75) is 20.3 Å². The standard InChI is InChI=1S/C19H20O5/c1-3-22-17(20)12-15-13-24-16(18(15)19(21)23-4-2)11-10-14-8-6-5-7-9-14/h5-11,13H,3-4,12H2,1-2H3/b11-10+. The number of benzene rings is 1. The predicted molar refractivity (Wildman–Crippen MR) is 90.4 cm³/mol. The van der Waals surface area contributed by atoms with Crippen LogP contribution < -0.4 is 0 Å². The van der Waals surface area contributed by atoms with Crippen LogP contribution in [0.4, 0.5) is 0 Å². The summed E-state index contributed by atoms with van der Waals surface area (Å²) in [4.78, 5) is 23.9. The minimum atomic E-state index is -0.515. The second kappa shape index (κ2) is 8.72. The molecule has 126 valence electrons. The van der Waals surface area contributed by atoms with Crippen molar-refractivity contribution in [2.75, 3.05) is 13.2 Å². The van der Waals surface area contributed by atoms with Gasteiger partial charge in [-0.15, -0.1) is 0 Å². The summed E-state index contributed by atoms with van der Waals surface area (Å²) in [5.74, 6) is -0.572. The number of furan rings is 1. The molecular weight excluding hydrogens is 308 g/mol. The first-order chi connectivity index (χ1) is 11.7. The maximum absolute atomic E-state index is 12.2. The molecule has 0 aliphatic heterocycles. The van der Waals surface area contributed by atoms with Gasteiger partial charge >= 0.3 is 11.9 Å². The van der Waals surface area contributed by atoms with Crippen molar-refractivity contribution in [1.82, 2.24) is 0 Å². The van der Waals surface area contributed by atoms with Crippen molar-refractivity contribution >= 4 is 24.1 Å². The Bertz CT molecular complexity index is 713. The molecule has 2 rings (SSSR count). The summed E-state index contributed by atoms with van der Waals surface area (Å²) in [5, 5.41) is 0. The number of ether oxygens (including phenoxy) is 2. The van der Waals surface area contributed by atoms with Gasteiger partial charge in [0.25, 0.3) is 0 Å². The number of esters is 2. The van der Waals surface area contributed by atoms with E-state index in [1.807, 2.05) is 36.4 Å². The molecule has 0 spiro atoms. The summed E-state index contributed by atoms with van der Waals surface area (Å²) in [5.41, 5.74) is 1.69. The normalized spacial score (nSPS) is 10.8. The number of rotatable bonds is 7. The first kappa shape index (κ1) is 17.5. The van der Waals surface area contributed by atoms with Gasteiger partial charge in [-0.05, 0) is 25.5 Å². The van der Waals surface area contributed by atoms with Gasteiger partial charge in [0.2, 0.25) is 0 Å². The highest BCUT2D eigenvalue weighted by molar-refractivity contribution is 5.96. The van der Waals surface area contributed by atoms with Crippen molar-refractivity contribution in [2.24, 2.45) is 0 Å². The molecule has 0 atom stereocenters. The van der Waals surface area contributed by atoms with Gasteiger partial charge in [-0.1, -0.05) is 36.4 Å². The minimum absolute atomic E-state index is 0.0370. The second-order valence-electron chi connectivity index (χ2n) is 4.95. The van der Waals surface area contributed by atoms with E-state index in [-0.39, 0.29) is 25.2 Å². The molecule has 0 amide bonds. The van der Waals surface area contributed by atoms with Crippen molar-refractivity contribution in [3.63, 3.8) is 0 Å². The quantitative estimate of drug-likeness (QED) is 0.725. The van der Waals surface area contributed by atoms with Crippen molar-refractivity contribution < 1.29 is 23.5 Å². The Kier molecular flexibility index (Phi) is 6.37. The summed E-state index contributed by atoms with van der Waals surface area (Å²) >= 11 is 0. The van der Waals surface area contributed by atoms with Gasteiger partial charge in [-0.2, -0.15) is 0 Å². The molecule has 0 radical (unpaired) electrons. The van der Waals surface area contributed by atoms with Gasteiger partial charge in [-0.25, -0.2) is 4.79 Å². The van der Waals surface area contributed by atoms with Crippen LogP contribution in [0.1, 0.15) is 41.1 Å². The Morgan fingerprint density at radius 2 is 1.75 bits per heavy atom. The number of carbonyl (C=O) groups excluding carboxylic acids is 2. The van der Waals surface area contributed by atoms with Gasteiger partial charge in [0, 0.05) is 5.56 Å². The molecule has 24 heavy (non-hydrogen) atoms. The highest BCUT2D eigenvalue weighted by Crippen LogP contribution is 2.22. The van der Waals surface area contributed by atoms with E-state index in [4.69, 9.17) is 13.9 Å². The average Bonchev–Trinajstić information content (AvgIpc) is 2.97. The van der Waals surface area contributed by atoms with Crippen LogP contribution >= 0.6 is 0 Å². The molecule has 0 saturated heterocycles. The van der Waals surface area contributed by atoms with Crippen LogP contribution in [0.25, 0.3) is 12.2 Å². The van der Waals surface area contributed by atoms with Gasteiger partial charge in [0.15, 0.2) is 0 Å². The van der Waals surface area contributed by atoms with Crippen LogP contribution in [0.5, 0.6) is 0 Å². The van der Waals surface area contributed by atoms with E-state index in [0.717, 1.165) is 5.56 Å². The fraction of sp³-hybridized carbons (Fsp3) is 0.263. The fourth-order valence-corrected chi connectivity index (χ4v) is 2.20. The molecule has 0 unspecified atom stereocenters. The SMILES string of the molecule is CCOC(=O)Cc1coc(/C=C/c2ccccc2)c1C(=O)OCC. The zero-order valence-electron chi connectivity index (χ0n) is 13.8. The molecule has 1 aromatic heterocycles. The lowest BCUT2D eigenvalue weighted by Gasteiger charge is -2.04. The zero-order valence-corrected chi connectivity index (χ0v) is 13.8. The van der Waals surface area contributed by atoms with Crippen LogP contribution in [-0.2, 0) is 20.7 Å². The summed E-state index contributed by atoms with van der Waals surface area (Å²) in [7, 11) is 0. The number of hydrogen-bond donors (Lipinski definition) is 0. The molecule has 0 saturated carbocycles. The molecule has 5 nitrogen and oxygen atoms in total. The Balaban J connectivity index is 2.30. The zero-order chi connectivity index (χ0) is 17.4. The van der Waals surface area contributed by atoms with E-state index < -0.39 is 11.9 Å². The average molecular weight is 328 g/mol. The molecule has 1 aromatic carbocycles. The van der Waals surface area contributed by atoms with Gasteiger partial charge < -0.3 is 13.9 Å². The van der Waals surface area contributed by atoms with Crippen molar-refractivity contribution in [1.29, 1.82) is 0 Å². The third-order valence-electron chi connectivity index (χ3n) is 3.24. The molecular formula is C19H20O5. The Labute approximate surface area is 140 Å². The van der Waals surface area contributed by atoms with Crippen LogP contribution in [0.15, 0.2) is 41.0 Å². The third-order valence-corrected chi connectivity index (χ3v) is 3.24. The van der Waals surface area contributed by atoms with Gasteiger partial charge in [0.05, 0.1) is 25.9 Å². The van der Waals surface area contributed by atoms with E-state index in [1.54, 1.807) is 19.9 Å². The molecule has 0 aliphatic carbocycles. The van der Waals surface area contributed by atoms with Gasteiger partial charge in [-0.3, -0.25) is 4.79 Å². The lowest BCUT2D eigenvalue weighted by Crippen LogP contribution is -2.12. The number of carbonyl (C=O) groups is 2. The first-order valence-electron chi connectivity index (χ1n) is 7.82. The lowest BCUT2D eigenvalue weighted by molar-refractivity contribution is -0.142. The van der Waals surface area contributed by atoms with Gasteiger partial charge in [0.1, 0.15) is 11.3 Å². The van der Waals surface area contributed by atoms with Crippen LogP contribution in [0, 0.1) is 0 Å². The minimum Gasteiger partial charge on any atom is -0.466 e. The highest BCUT2D eigenvalue weighted by Gasteiger charge is 2.22. The molecule has 0 N–H and O–H groups in total. The molecule has 0 fully saturated rings. The molecule has 0 aliphatic rings. The van der Waals surface area contributed by atoms with Crippen molar-refractivity contribution in [3.8, 4) is 0 Å². The Morgan fingerprint density at radius 1 is 1.04 bits per heavy atom. The van der Waals surface area contributed by atoms with Crippen molar-refractivity contribution in [3.05, 3.63) is 59.0 Å². The fourth-order valence-electron chi connectivity index (χ4n) is 2.20. The van der Waals surface area contributed by atoms with Crippen LogP contribution in [0.3, 0.4) is 0 Å². The van der Waals surface area contributed by atoms with E-state index >= 15 is 0 Å². The van der Waals surface area contributed by atoms with E-state index in [0.29, 0.717) is 11.3 Å². The Morgan fingerprint density at radius 3 is 2.42 bits per heavy atom. The smallest absolute Gasteiger partial charge is 0.342 e.